The van der Waals surface area contributed by atoms with Gasteiger partial charge >= 0.3 is 0 Å². The highest BCUT2D eigenvalue weighted by molar-refractivity contribution is 6.13. The van der Waals surface area contributed by atoms with Gasteiger partial charge in [-0.25, -0.2) is 4.98 Å². The van der Waals surface area contributed by atoms with Crippen molar-refractivity contribution in [3.8, 4) is 11.3 Å². The molecule has 2 aromatic heterocycles. The Kier molecular flexibility index (Phi) is 3.94. The van der Waals surface area contributed by atoms with E-state index in [0.29, 0.717) is 6.04 Å². The van der Waals surface area contributed by atoms with Gasteiger partial charge in [-0.2, -0.15) is 5.10 Å². The molecule has 2 aromatic carbocycles. The van der Waals surface area contributed by atoms with Gasteiger partial charge in [0.1, 0.15) is 5.82 Å². The molecule has 2 fully saturated rings. The number of hydrogen-bond donors (Lipinski definition) is 2. The summed E-state index contributed by atoms with van der Waals surface area (Å²) in [5, 5.41) is 7.09. The summed E-state index contributed by atoms with van der Waals surface area (Å²) < 4.78 is 2.37. The van der Waals surface area contributed by atoms with E-state index < -0.39 is 0 Å². The Morgan fingerprint density at radius 1 is 0.939 bits per heavy atom. The quantitative estimate of drug-likeness (QED) is 0.444. The van der Waals surface area contributed by atoms with Crippen molar-refractivity contribution in [3.63, 3.8) is 0 Å². The van der Waals surface area contributed by atoms with Gasteiger partial charge in [0.15, 0.2) is 0 Å². The Labute approximate surface area is 192 Å². The number of imidazole rings is 1. The lowest BCUT2D eigenvalue weighted by atomic mass is 9.72. The van der Waals surface area contributed by atoms with Crippen LogP contribution in [-0.4, -0.2) is 19.7 Å². The van der Waals surface area contributed by atoms with Crippen LogP contribution in [0.1, 0.15) is 54.2 Å². The third kappa shape index (κ3) is 2.89. The number of nitrogens with one attached hydrogen (secondary N) is 1. The molecule has 1 aliphatic heterocycles. The number of nitrogens with two attached hydrogens (primary N) is 1. The van der Waals surface area contributed by atoms with Crippen LogP contribution < -0.4 is 5.73 Å². The fourth-order valence-corrected chi connectivity index (χ4v) is 5.45. The Balaban J connectivity index is 1.39. The molecular formula is C28H25N5. The van der Waals surface area contributed by atoms with Crippen LogP contribution in [0.15, 0.2) is 78.8 Å². The molecule has 0 radical (unpaired) electrons. The average molecular weight is 432 g/mol. The fourth-order valence-electron chi connectivity index (χ4n) is 5.45. The Morgan fingerprint density at radius 2 is 1.76 bits per heavy atom. The van der Waals surface area contributed by atoms with Gasteiger partial charge in [0, 0.05) is 17.3 Å². The number of aromatic nitrogens is 4. The Bertz CT molecular complexity index is 1400. The number of fused-ring (bicyclic) bond motifs is 3. The predicted molar refractivity (Wildman–Crippen MR) is 131 cm³/mol. The molecule has 1 unspecified atom stereocenters. The van der Waals surface area contributed by atoms with Crippen LogP contribution in [0.5, 0.6) is 0 Å². The third-order valence-corrected chi connectivity index (χ3v) is 7.53. The third-order valence-electron chi connectivity index (χ3n) is 7.53. The first kappa shape index (κ1) is 18.8. The number of nitrogens with zero attached hydrogens (tertiary/aromatic N) is 3. The van der Waals surface area contributed by atoms with Gasteiger partial charge in [-0.15, -0.1) is 0 Å². The largest absolute Gasteiger partial charge is 0.321 e. The molecule has 2 saturated carbocycles. The maximum absolute atomic E-state index is 6.60. The molecule has 3 N–H and O–H groups in total. The van der Waals surface area contributed by atoms with Gasteiger partial charge in [-0.1, -0.05) is 54.6 Å². The van der Waals surface area contributed by atoms with E-state index in [0.717, 1.165) is 36.3 Å². The predicted octanol–water partition coefficient (Wildman–Crippen LogP) is 5.56. The average Bonchev–Trinajstić information content (AvgIpc) is 3.23. The van der Waals surface area contributed by atoms with E-state index in [4.69, 9.17) is 10.7 Å². The number of benzene rings is 2. The Morgan fingerprint density at radius 3 is 2.45 bits per heavy atom. The maximum atomic E-state index is 6.60. The van der Waals surface area contributed by atoms with Gasteiger partial charge in [-0.05, 0) is 65.2 Å². The van der Waals surface area contributed by atoms with Gasteiger partial charge in [0.05, 0.1) is 24.1 Å². The zero-order valence-electron chi connectivity index (χ0n) is 18.3. The molecule has 33 heavy (non-hydrogen) atoms. The van der Waals surface area contributed by atoms with Crippen molar-refractivity contribution >= 4 is 17.2 Å². The minimum absolute atomic E-state index is 0.137. The molecule has 4 aromatic rings. The van der Waals surface area contributed by atoms with Crippen molar-refractivity contribution < 1.29 is 0 Å². The first-order chi connectivity index (χ1) is 16.2. The van der Waals surface area contributed by atoms with Crippen molar-refractivity contribution in [1.29, 1.82) is 0 Å². The standard InChI is InChI=1S/C28H25N5/c29-28(11-4-12-28)21-9-7-19(8-10-21)27-22(18-5-2-1-3-6-18)14-26-30-17-25(20-15-31-32-16-20)33(26)24-13-23(24)27/h1-3,5-10,14-17,24H,4,11-13,29H2,(H,31,32). The lowest BCUT2D eigenvalue weighted by Crippen LogP contribution is -2.43. The molecule has 3 heterocycles. The van der Waals surface area contributed by atoms with Crippen LogP contribution in [0.4, 0.5) is 0 Å². The lowest BCUT2D eigenvalue weighted by Gasteiger charge is -2.38. The number of rotatable bonds is 4. The molecule has 0 spiro atoms. The minimum Gasteiger partial charge on any atom is -0.321 e. The van der Waals surface area contributed by atoms with Gasteiger partial charge in [0.2, 0.25) is 0 Å². The van der Waals surface area contributed by atoms with E-state index in [-0.39, 0.29) is 5.54 Å². The highest BCUT2D eigenvalue weighted by atomic mass is 15.2. The monoisotopic (exact) mass is 431 g/mol. The number of aromatic amines is 1. The molecule has 162 valence electrons. The summed E-state index contributed by atoms with van der Waals surface area (Å²) in [6, 6.07) is 20.0. The van der Waals surface area contributed by atoms with Crippen LogP contribution in [0.3, 0.4) is 0 Å². The van der Waals surface area contributed by atoms with Crippen LogP contribution >= 0.6 is 0 Å². The summed E-state index contributed by atoms with van der Waals surface area (Å²) in [5.41, 5.74) is 16.4. The van der Waals surface area contributed by atoms with Crippen LogP contribution in [0.2, 0.25) is 0 Å². The molecule has 7 rings (SSSR count). The van der Waals surface area contributed by atoms with E-state index in [1.54, 1.807) is 0 Å². The second kappa shape index (κ2) is 6.90. The molecule has 2 aliphatic carbocycles. The zero-order chi connectivity index (χ0) is 22.0. The first-order valence-electron chi connectivity index (χ1n) is 11.7. The van der Waals surface area contributed by atoms with Gasteiger partial charge in [0.25, 0.3) is 0 Å². The second-order valence-corrected chi connectivity index (χ2v) is 9.49. The molecule has 3 aliphatic rings. The van der Waals surface area contributed by atoms with E-state index in [1.165, 1.54) is 39.8 Å². The second-order valence-electron chi connectivity index (χ2n) is 9.49. The van der Waals surface area contributed by atoms with E-state index in [9.17, 15) is 0 Å². The van der Waals surface area contributed by atoms with Crippen molar-refractivity contribution in [3.05, 3.63) is 101 Å². The Hall–Kier alpha value is -3.70. The van der Waals surface area contributed by atoms with Crippen molar-refractivity contribution in [2.45, 2.75) is 37.3 Å². The van der Waals surface area contributed by atoms with Crippen molar-refractivity contribution in [1.82, 2.24) is 19.7 Å². The summed E-state index contributed by atoms with van der Waals surface area (Å²) in [5.74, 6) is 0.993. The normalized spacial score (nSPS) is 20.4. The van der Waals surface area contributed by atoms with E-state index in [1.807, 2.05) is 18.6 Å². The van der Waals surface area contributed by atoms with Crippen LogP contribution in [0, 0.1) is 0 Å². The molecule has 5 nitrogen and oxygen atoms in total. The smallest absolute Gasteiger partial charge is 0.134 e. The fraction of sp³-hybridized carbons (Fsp3) is 0.214. The highest BCUT2D eigenvalue weighted by Crippen LogP contribution is 2.55. The zero-order valence-corrected chi connectivity index (χ0v) is 18.3. The lowest BCUT2D eigenvalue weighted by molar-refractivity contribution is 0.253. The summed E-state index contributed by atoms with van der Waals surface area (Å²) >= 11 is 0. The van der Waals surface area contributed by atoms with Gasteiger partial charge < -0.3 is 10.3 Å². The SMILES string of the molecule is NC1(c2ccc(C3=C4CC4n4c(-c5cn[nH]c5)cnc4C=C3c3ccccc3)cc2)CCC1. The van der Waals surface area contributed by atoms with Gasteiger partial charge in [-0.3, -0.25) is 5.10 Å². The molecule has 1 atom stereocenters. The molecule has 0 amide bonds. The molecule has 5 heteroatoms. The summed E-state index contributed by atoms with van der Waals surface area (Å²) in [7, 11) is 0. The highest BCUT2D eigenvalue weighted by Gasteiger charge is 2.41. The molecule has 0 bridgehead atoms. The molecule has 0 saturated heterocycles. The van der Waals surface area contributed by atoms with Crippen LogP contribution in [0.25, 0.3) is 28.5 Å². The number of allylic oxidation sites excluding steroid dienone is 3. The van der Waals surface area contributed by atoms with Crippen LogP contribution in [-0.2, 0) is 5.54 Å². The number of hydrogen-bond acceptors (Lipinski definition) is 3. The van der Waals surface area contributed by atoms with E-state index >= 15 is 0 Å². The minimum atomic E-state index is -0.137. The van der Waals surface area contributed by atoms with Crippen molar-refractivity contribution in [2.75, 3.05) is 0 Å². The number of H-pyrrole nitrogens is 1. The summed E-state index contributed by atoms with van der Waals surface area (Å²) in [6.45, 7) is 0. The first-order valence-corrected chi connectivity index (χ1v) is 11.7. The van der Waals surface area contributed by atoms with E-state index in [2.05, 4.69) is 75.4 Å². The molecular weight excluding hydrogens is 406 g/mol. The summed E-state index contributed by atoms with van der Waals surface area (Å²) in [4.78, 5) is 4.82. The summed E-state index contributed by atoms with van der Waals surface area (Å²) in [6.07, 6.45) is 12.4. The topological polar surface area (TPSA) is 72.5 Å². The van der Waals surface area contributed by atoms with Crippen molar-refractivity contribution in [2.24, 2.45) is 5.73 Å². The maximum Gasteiger partial charge on any atom is 0.134 e.